The van der Waals surface area contributed by atoms with Crippen molar-refractivity contribution in [3.8, 4) is 0 Å². The first-order valence-electron chi connectivity index (χ1n) is 7.54. The van der Waals surface area contributed by atoms with E-state index in [1.807, 2.05) is 0 Å². The van der Waals surface area contributed by atoms with Crippen molar-refractivity contribution in [3.63, 3.8) is 0 Å². The molecule has 0 aliphatic heterocycles. The number of esters is 1. The van der Waals surface area contributed by atoms with Crippen molar-refractivity contribution >= 4 is 33.5 Å². The van der Waals surface area contributed by atoms with E-state index in [0.29, 0.717) is 10.6 Å². The van der Waals surface area contributed by atoms with Crippen LogP contribution >= 0.6 is 11.6 Å². The first kappa shape index (κ1) is 19.9. The van der Waals surface area contributed by atoms with Gasteiger partial charge in [-0.25, -0.2) is 17.9 Å². The monoisotopic (exact) mass is 396 g/mol. The van der Waals surface area contributed by atoms with Crippen molar-refractivity contribution in [2.24, 2.45) is 5.73 Å². The van der Waals surface area contributed by atoms with E-state index in [9.17, 15) is 18.0 Å². The Hall–Kier alpha value is -2.42. The number of nitrogens with one attached hydrogen (secondary N) is 1. The van der Waals surface area contributed by atoms with Gasteiger partial charge in [-0.15, -0.1) is 0 Å². The first-order chi connectivity index (χ1) is 12.2. The SMILES string of the molecule is C[C@@H](OC(=O)c1ccc(S(=O)(=O)NCC(N)=O)cc1)c1ccccc1Cl. The highest BCUT2D eigenvalue weighted by Crippen LogP contribution is 2.26. The molecule has 3 N–H and O–H groups in total. The van der Waals surface area contributed by atoms with E-state index >= 15 is 0 Å². The van der Waals surface area contributed by atoms with Gasteiger partial charge in [-0.05, 0) is 37.3 Å². The van der Waals surface area contributed by atoms with Crippen LogP contribution in [0.25, 0.3) is 0 Å². The van der Waals surface area contributed by atoms with Gasteiger partial charge < -0.3 is 10.5 Å². The molecule has 0 aliphatic carbocycles. The molecule has 0 radical (unpaired) electrons. The van der Waals surface area contributed by atoms with Gasteiger partial charge in [-0.2, -0.15) is 0 Å². The molecule has 26 heavy (non-hydrogen) atoms. The Labute approximate surface area is 156 Å². The number of carbonyl (C=O) groups excluding carboxylic acids is 2. The zero-order chi connectivity index (χ0) is 19.3. The van der Waals surface area contributed by atoms with E-state index < -0.39 is 34.5 Å². The lowest BCUT2D eigenvalue weighted by atomic mass is 10.1. The van der Waals surface area contributed by atoms with Gasteiger partial charge in [0.15, 0.2) is 0 Å². The molecule has 0 unspecified atom stereocenters. The van der Waals surface area contributed by atoms with E-state index in [4.69, 9.17) is 22.1 Å². The van der Waals surface area contributed by atoms with Crippen LogP contribution in [-0.2, 0) is 19.6 Å². The van der Waals surface area contributed by atoms with Crippen LogP contribution in [0.4, 0.5) is 0 Å². The Kier molecular flexibility index (Phi) is 6.36. The molecular formula is C17H17ClN2O5S. The number of halogens is 1. The summed E-state index contributed by atoms with van der Waals surface area (Å²) in [4.78, 5) is 22.8. The molecule has 0 heterocycles. The van der Waals surface area contributed by atoms with Crippen molar-refractivity contribution < 1.29 is 22.7 Å². The average molecular weight is 397 g/mol. The third-order valence-corrected chi connectivity index (χ3v) is 5.23. The highest BCUT2D eigenvalue weighted by atomic mass is 35.5. The van der Waals surface area contributed by atoms with Crippen molar-refractivity contribution in [2.45, 2.75) is 17.9 Å². The molecule has 0 aliphatic rings. The predicted molar refractivity (Wildman–Crippen MR) is 96.1 cm³/mol. The molecule has 0 saturated carbocycles. The highest BCUT2D eigenvalue weighted by Gasteiger charge is 2.18. The Morgan fingerprint density at radius 2 is 1.77 bits per heavy atom. The average Bonchev–Trinajstić information content (AvgIpc) is 2.60. The maximum absolute atomic E-state index is 12.2. The lowest BCUT2D eigenvalue weighted by Crippen LogP contribution is -2.33. The summed E-state index contributed by atoms with van der Waals surface area (Å²) >= 11 is 6.07. The Balaban J connectivity index is 2.09. The standard InChI is InChI=1S/C17H17ClN2O5S/c1-11(14-4-2-3-5-15(14)18)25-17(22)12-6-8-13(9-7-12)26(23,24)20-10-16(19)21/h2-9,11,20H,10H2,1H3,(H2,19,21)/t11-/m1/s1. The maximum atomic E-state index is 12.2. The third kappa shape index (κ3) is 5.04. The minimum Gasteiger partial charge on any atom is -0.454 e. The minimum absolute atomic E-state index is 0.102. The van der Waals surface area contributed by atoms with Gasteiger partial charge in [-0.3, -0.25) is 4.79 Å². The van der Waals surface area contributed by atoms with Gasteiger partial charge in [0.1, 0.15) is 6.10 Å². The molecule has 2 rings (SSSR count). The second-order valence-electron chi connectivity index (χ2n) is 5.38. The first-order valence-corrected chi connectivity index (χ1v) is 9.40. The van der Waals surface area contributed by atoms with Crippen LogP contribution in [0.15, 0.2) is 53.4 Å². The largest absolute Gasteiger partial charge is 0.454 e. The second kappa shape index (κ2) is 8.31. The lowest BCUT2D eigenvalue weighted by molar-refractivity contribution is -0.116. The Morgan fingerprint density at radius 1 is 1.15 bits per heavy atom. The third-order valence-electron chi connectivity index (χ3n) is 3.46. The smallest absolute Gasteiger partial charge is 0.338 e. The molecule has 2 aromatic carbocycles. The number of carbonyl (C=O) groups is 2. The normalized spacial score (nSPS) is 12.4. The molecule has 1 amide bonds. The van der Waals surface area contributed by atoms with Crippen LogP contribution in [0.5, 0.6) is 0 Å². The summed E-state index contributed by atoms with van der Waals surface area (Å²) in [6.07, 6.45) is -0.572. The van der Waals surface area contributed by atoms with Gasteiger partial charge >= 0.3 is 5.97 Å². The molecule has 0 spiro atoms. The fourth-order valence-corrected chi connectivity index (χ4v) is 3.40. The molecule has 0 saturated heterocycles. The zero-order valence-corrected chi connectivity index (χ0v) is 15.4. The summed E-state index contributed by atoms with van der Waals surface area (Å²) in [5.74, 6) is -1.42. The number of benzene rings is 2. The topological polar surface area (TPSA) is 116 Å². The van der Waals surface area contributed by atoms with Crippen LogP contribution in [0.1, 0.15) is 28.9 Å². The van der Waals surface area contributed by atoms with Gasteiger partial charge in [0.05, 0.1) is 17.0 Å². The molecule has 0 aromatic heterocycles. The van der Waals surface area contributed by atoms with Gasteiger partial charge in [0.25, 0.3) is 0 Å². The van der Waals surface area contributed by atoms with Crippen LogP contribution in [0.3, 0.4) is 0 Å². The van der Waals surface area contributed by atoms with Crippen LogP contribution in [0, 0.1) is 0 Å². The number of hydrogen-bond acceptors (Lipinski definition) is 5. The number of amides is 1. The van der Waals surface area contributed by atoms with E-state index in [0.717, 1.165) is 0 Å². The Morgan fingerprint density at radius 3 is 2.35 bits per heavy atom. The number of rotatable bonds is 7. The molecule has 0 bridgehead atoms. The molecule has 9 heteroatoms. The number of ether oxygens (including phenoxy) is 1. The predicted octanol–water partition coefficient (Wildman–Crippen LogP) is 2.02. The van der Waals surface area contributed by atoms with Crippen LogP contribution in [0.2, 0.25) is 5.02 Å². The molecule has 2 aromatic rings. The molecule has 1 atom stereocenters. The summed E-state index contributed by atoms with van der Waals surface area (Å²) in [5.41, 5.74) is 5.75. The quantitative estimate of drug-likeness (QED) is 0.694. The molecule has 7 nitrogen and oxygen atoms in total. The van der Waals surface area contributed by atoms with Crippen LogP contribution < -0.4 is 10.5 Å². The summed E-state index contributed by atoms with van der Waals surface area (Å²) in [7, 11) is -3.89. The number of nitrogens with two attached hydrogens (primary N) is 1. The van der Waals surface area contributed by atoms with Crippen LogP contribution in [-0.4, -0.2) is 26.8 Å². The zero-order valence-electron chi connectivity index (χ0n) is 13.8. The van der Waals surface area contributed by atoms with Crippen molar-refractivity contribution in [2.75, 3.05) is 6.54 Å². The molecule has 138 valence electrons. The highest BCUT2D eigenvalue weighted by molar-refractivity contribution is 7.89. The number of sulfonamides is 1. The van der Waals surface area contributed by atoms with Gasteiger partial charge in [-0.1, -0.05) is 29.8 Å². The molecule has 0 fully saturated rings. The van der Waals surface area contributed by atoms with Crippen molar-refractivity contribution in [3.05, 3.63) is 64.7 Å². The van der Waals surface area contributed by atoms with Gasteiger partial charge in [0.2, 0.25) is 15.9 Å². The fourth-order valence-electron chi connectivity index (χ4n) is 2.12. The summed E-state index contributed by atoms with van der Waals surface area (Å²) in [5, 5.41) is 0.481. The summed E-state index contributed by atoms with van der Waals surface area (Å²) in [6, 6.07) is 12.1. The van der Waals surface area contributed by atoms with E-state index in [-0.39, 0.29) is 10.5 Å². The summed E-state index contributed by atoms with van der Waals surface area (Å²) in [6.45, 7) is 1.17. The second-order valence-corrected chi connectivity index (χ2v) is 7.56. The van der Waals surface area contributed by atoms with E-state index in [1.54, 1.807) is 31.2 Å². The van der Waals surface area contributed by atoms with Crippen molar-refractivity contribution in [1.29, 1.82) is 0 Å². The lowest BCUT2D eigenvalue weighted by Gasteiger charge is -2.15. The molecular weight excluding hydrogens is 380 g/mol. The van der Waals surface area contributed by atoms with Gasteiger partial charge in [0, 0.05) is 10.6 Å². The number of hydrogen-bond donors (Lipinski definition) is 2. The fraction of sp³-hybridized carbons (Fsp3) is 0.176. The van der Waals surface area contributed by atoms with E-state index in [1.165, 1.54) is 24.3 Å². The maximum Gasteiger partial charge on any atom is 0.338 e. The number of primary amides is 1. The van der Waals surface area contributed by atoms with E-state index in [2.05, 4.69) is 4.72 Å². The minimum atomic E-state index is -3.89. The van der Waals surface area contributed by atoms with Crippen molar-refractivity contribution in [1.82, 2.24) is 4.72 Å². The summed E-state index contributed by atoms with van der Waals surface area (Å²) < 4.78 is 31.3. The Bertz CT molecular complexity index is 913.